The van der Waals surface area contributed by atoms with Crippen molar-refractivity contribution in [2.75, 3.05) is 19.0 Å². The summed E-state index contributed by atoms with van der Waals surface area (Å²) >= 11 is 9.40. The Hall–Kier alpha value is -1.89. The van der Waals surface area contributed by atoms with Crippen molar-refractivity contribution in [2.24, 2.45) is 0 Å². The molecule has 3 heterocycles. The van der Waals surface area contributed by atoms with Gasteiger partial charge in [0.15, 0.2) is 5.11 Å². The third-order valence-corrected chi connectivity index (χ3v) is 6.64. The van der Waals surface area contributed by atoms with Crippen molar-refractivity contribution in [2.45, 2.75) is 12.5 Å². The Morgan fingerprint density at radius 1 is 1.16 bits per heavy atom. The number of rotatable bonds is 3. The van der Waals surface area contributed by atoms with Crippen LogP contribution in [0, 0.1) is 0 Å². The van der Waals surface area contributed by atoms with Gasteiger partial charge in [0, 0.05) is 22.0 Å². The maximum Gasteiger partial charge on any atom is 0.174 e. The smallest absolute Gasteiger partial charge is 0.174 e. The van der Waals surface area contributed by atoms with Crippen molar-refractivity contribution >= 4 is 45.7 Å². The molecule has 0 fully saturated rings. The standard InChI is InChI=1S/C19H18N2OS3/c1-22-14-6-4-13(5-7-14)20-19(23)21-10-8-16-15(9-12-25-16)18(21)17-3-2-11-24-17/h2-7,9,11-12,18H,8,10H2,1H3,(H,20,23)/t18-/m1/s1. The van der Waals surface area contributed by atoms with Gasteiger partial charge in [-0.2, -0.15) is 0 Å². The lowest BCUT2D eigenvalue weighted by Crippen LogP contribution is -2.42. The minimum atomic E-state index is 0.202. The van der Waals surface area contributed by atoms with E-state index in [0.717, 1.165) is 29.5 Å². The fourth-order valence-corrected chi connectivity index (χ4v) is 5.23. The molecule has 128 valence electrons. The molecule has 3 aromatic rings. The summed E-state index contributed by atoms with van der Waals surface area (Å²) in [5.41, 5.74) is 2.37. The molecule has 0 radical (unpaired) electrons. The molecule has 0 spiro atoms. The van der Waals surface area contributed by atoms with Gasteiger partial charge in [-0.25, -0.2) is 0 Å². The van der Waals surface area contributed by atoms with Crippen molar-refractivity contribution < 1.29 is 4.74 Å². The number of thiocarbonyl (C=S) groups is 1. The van der Waals surface area contributed by atoms with Gasteiger partial charge in [-0.3, -0.25) is 0 Å². The lowest BCUT2D eigenvalue weighted by Gasteiger charge is -2.37. The molecule has 3 nitrogen and oxygen atoms in total. The third kappa shape index (κ3) is 3.29. The number of hydrogen-bond donors (Lipinski definition) is 1. The number of nitrogens with one attached hydrogen (secondary N) is 1. The Morgan fingerprint density at radius 2 is 2.00 bits per heavy atom. The minimum absolute atomic E-state index is 0.202. The molecular formula is C19H18N2OS3. The SMILES string of the molecule is COc1ccc(NC(=S)N2CCc3sccc3[C@@H]2c2cccs2)cc1. The Morgan fingerprint density at radius 3 is 2.72 bits per heavy atom. The molecule has 1 atom stereocenters. The van der Waals surface area contributed by atoms with Crippen molar-refractivity contribution in [3.8, 4) is 5.75 Å². The van der Waals surface area contributed by atoms with Crippen molar-refractivity contribution in [1.29, 1.82) is 0 Å². The molecule has 0 aliphatic carbocycles. The number of thiophene rings is 2. The summed E-state index contributed by atoms with van der Waals surface area (Å²) in [6.07, 6.45) is 1.04. The van der Waals surface area contributed by atoms with Crippen molar-refractivity contribution in [3.05, 3.63) is 68.5 Å². The summed E-state index contributed by atoms with van der Waals surface area (Å²) in [5, 5.41) is 8.47. The first kappa shape index (κ1) is 16.6. The van der Waals surface area contributed by atoms with Crippen LogP contribution in [0.25, 0.3) is 0 Å². The predicted octanol–water partition coefficient (Wildman–Crippen LogP) is 5.16. The van der Waals surface area contributed by atoms with Crippen LogP contribution < -0.4 is 10.1 Å². The van der Waals surface area contributed by atoms with Gasteiger partial charge in [0.2, 0.25) is 0 Å². The molecule has 1 aromatic carbocycles. The molecule has 4 rings (SSSR count). The zero-order chi connectivity index (χ0) is 17.2. The van der Waals surface area contributed by atoms with Gasteiger partial charge in [-0.1, -0.05) is 6.07 Å². The Balaban J connectivity index is 1.60. The van der Waals surface area contributed by atoms with E-state index in [4.69, 9.17) is 17.0 Å². The van der Waals surface area contributed by atoms with Gasteiger partial charge >= 0.3 is 0 Å². The average Bonchev–Trinajstić information content (AvgIpc) is 3.33. The van der Waals surface area contributed by atoms with Crippen LogP contribution in [0.1, 0.15) is 21.4 Å². The minimum Gasteiger partial charge on any atom is -0.497 e. The zero-order valence-electron chi connectivity index (χ0n) is 13.8. The molecule has 1 N–H and O–H groups in total. The van der Waals surface area contributed by atoms with Crippen molar-refractivity contribution in [1.82, 2.24) is 4.90 Å². The van der Waals surface area contributed by atoms with E-state index >= 15 is 0 Å². The molecule has 0 unspecified atom stereocenters. The first-order valence-electron chi connectivity index (χ1n) is 8.07. The van der Waals surface area contributed by atoms with Gasteiger partial charge in [-0.05, 0) is 71.4 Å². The van der Waals surface area contributed by atoms with Crippen LogP contribution in [0.5, 0.6) is 5.75 Å². The molecule has 0 saturated carbocycles. The van der Waals surface area contributed by atoms with E-state index in [1.807, 2.05) is 35.6 Å². The van der Waals surface area contributed by atoms with Crippen LogP contribution in [0.4, 0.5) is 5.69 Å². The van der Waals surface area contributed by atoms with Crippen molar-refractivity contribution in [3.63, 3.8) is 0 Å². The highest BCUT2D eigenvalue weighted by Crippen LogP contribution is 2.39. The van der Waals surface area contributed by atoms with E-state index in [9.17, 15) is 0 Å². The van der Waals surface area contributed by atoms with E-state index in [2.05, 4.69) is 39.2 Å². The fourth-order valence-electron chi connectivity index (χ4n) is 3.16. The lowest BCUT2D eigenvalue weighted by atomic mass is 9.99. The lowest BCUT2D eigenvalue weighted by molar-refractivity contribution is 0.351. The topological polar surface area (TPSA) is 24.5 Å². The number of methoxy groups -OCH3 is 1. The number of anilines is 1. The van der Waals surface area contributed by atoms with Crippen LogP contribution in [-0.2, 0) is 6.42 Å². The van der Waals surface area contributed by atoms with E-state index in [1.54, 1.807) is 18.4 Å². The largest absolute Gasteiger partial charge is 0.497 e. The van der Waals surface area contributed by atoms with Crippen LogP contribution in [0.2, 0.25) is 0 Å². The Labute approximate surface area is 160 Å². The fraction of sp³-hybridized carbons (Fsp3) is 0.211. The maximum atomic E-state index is 5.76. The van der Waals surface area contributed by atoms with E-state index in [0.29, 0.717) is 0 Å². The molecule has 25 heavy (non-hydrogen) atoms. The highest BCUT2D eigenvalue weighted by atomic mass is 32.1. The molecule has 0 amide bonds. The van der Waals surface area contributed by atoms with Crippen LogP contribution >= 0.6 is 34.9 Å². The molecule has 0 saturated heterocycles. The Kier molecular flexibility index (Phi) is 4.74. The zero-order valence-corrected chi connectivity index (χ0v) is 16.2. The highest BCUT2D eigenvalue weighted by molar-refractivity contribution is 7.80. The second-order valence-corrected chi connectivity index (χ2v) is 8.19. The molecule has 1 aliphatic rings. The van der Waals surface area contributed by atoms with Gasteiger partial charge in [-0.15, -0.1) is 22.7 Å². The van der Waals surface area contributed by atoms with Crippen LogP contribution in [0.15, 0.2) is 53.2 Å². The summed E-state index contributed by atoms with van der Waals surface area (Å²) in [5.74, 6) is 0.841. The van der Waals surface area contributed by atoms with Gasteiger partial charge in [0.05, 0.1) is 13.2 Å². The molecular weight excluding hydrogens is 368 g/mol. The maximum absolute atomic E-state index is 5.76. The number of fused-ring (bicyclic) bond motifs is 1. The second kappa shape index (κ2) is 7.15. The molecule has 6 heteroatoms. The van der Waals surface area contributed by atoms with Gasteiger partial charge in [0.1, 0.15) is 5.75 Å². The summed E-state index contributed by atoms with van der Waals surface area (Å²) < 4.78 is 5.22. The van der Waals surface area contributed by atoms with E-state index in [1.165, 1.54) is 15.3 Å². The number of ether oxygens (including phenoxy) is 1. The summed E-state index contributed by atoms with van der Waals surface area (Å²) in [6.45, 7) is 0.929. The monoisotopic (exact) mass is 386 g/mol. The van der Waals surface area contributed by atoms with Crippen LogP contribution in [0.3, 0.4) is 0 Å². The quantitative estimate of drug-likeness (QED) is 0.628. The summed E-state index contributed by atoms with van der Waals surface area (Å²) in [7, 11) is 1.67. The third-order valence-electron chi connectivity index (χ3n) is 4.38. The average molecular weight is 387 g/mol. The van der Waals surface area contributed by atoms with Crippen LogP contribution in [-0.4, -0.2) is 23.7 Å². The first-order valence-corrected chi connectivity index (χ1v) is 10.2. The highest BCUT2D eigenvalue weighted by Gasteiger charge is 2.31. The van der Waals surface area contributed by atoms with E-state index in [-0.39, 0.29) is 6.04 Å². The Bertz CT molecular complexity index is 855. The predicted molar refractivity (Wildman–Crippen MR) is 110 cm³/mol. The molecule has 1 aliphatic heterocycles. The first-order chi connectivity index (χ1) is 12.3. The summed E-state index contributed by atoms with van der Waals surface area (Å²) in [6, 6.07) is 14.6. The summed E-state index contributed by atoms with van der Waals surface area (Å²) in [4.78, 5) is 5.11. The normalized spacial score (nSPS) is 16.4. The number of benzene rings is 1. The number of hydrogen-bond acceptors (Lipinski definition) is 4. The van der Waals surface area contributed by atoms with E-state index < -0.39 is 0 Å². The van der Waals surface area contributed by atoms with Gasteiger partial charge in [0.25, 0.3) is 0 Å². The second-order valence-electron chi connectivity index (χ2n) is 5.82. The number of nitrogens with zero attached hydrogens (tertiary/aromatic N) is 1. The van der Waals surface area contributed by atoms with Gasteiger partial charge < -0.3 is 15.0 Å². The molecule has 0 bridgehead atoms. The molecule has 2 aromatic heterocycles.